The number of hydrogen-bond acceptors (Lipinski definition) is 5. The quantitative estimate of drug-likeness (QED) is 0.817. The molecule has 1 aromatic carbocycles. The SMILES string of the molecule is CCOC(=O)[C@H](C)[C@@](O)(Cn1cncn1)c1cc(F)ccc1F. The number of benzene rings is 1. The summed E-state index contributed by atoms with van der Waals surface area (Å²) < 4.78 is 33.9. The van der Waals surface area contributed by atoms with Crippen molar-refractivity contribution < 1.29 is 23.4 Å². The van der Waals surface area contributed by atoms with Crippen LogP contribution in [0.5, 0.6) is 0 Å². The molecule has 0 aliphatic rings. The second-order valence-electron chi connectivity index (χ2n) is 5.12. The van der Waals surface area contributed by atoms with Crippen LogP contribution in [0.2, 0.25) is 0 Å². The topological polar surface area (TPSA) is 77.2 Å². The van der Waals surface area contributed by atoms with E-state index in [1.54, 1.807) is 6.92 Å². The first-order chi connectivity index (χ1) is 10.9. The number of rotatable bonds is 6. The van der Waals surface area contributed by atoms with Crippen molar-refractivity contribution in [3.63, 3.8) is 0 Å². The Bertz CT molecular complexity index is 679. The molecule has 23 heavy (non-hydrogen) atoms. The van der Waals surface area contributed by atoms with Gasteiger partial charge in [0.2, 0.25) is 0 Å². The van der Waals surface area contributed by atoms with Crippen molar-refractivity contribution in [2.75, 3.05) is 6.61 Å². The Labute approximate surface area is 131 Å². The molecule has 0 aliphatic carbocycles. The second-order valence-corrected chi connectivity index (χ2v) is 5.12. The van der Waals surface area contributed by atoms with E-state index in [-0.39, 0.29) is 18.7 Å². The van der Waals surface area contributed by atoms with Crippen LogP contribution in [0.3, 0.4) is 0 Å². The van der Waals surface area contributed by atoms with Gasteiger partial charge in [0.1, 0.15) is 29.9 Å². The Morgan fingerprint density at radius 3 is 2.83 bits per heavy atom. The van der Waals surface area contributed by atoms with Crippen molar-refractivity contribution in [1.29, 1.82) is 0 Å². The number of ether oxygens (including phenoxy) is 1. The highest BCUT2D eigenvalue weighted by molar-refractivity contribution is 5.73. The van der Waals surface area contributed by atoms with Gasteiger partial charge in [0.25, 0.3) is 0 Å². The number of aliphatic hydroxyl groups is 1. The van der Waals surface area contributed by atoms with E-state index in [9.17, 15) is 18.7 Å². The third-order valence-electron chi connectivity index (χ3n) is 3.62. The maximum absolute atomic E-state index is 14.2. The van der Waals surface area contributed by atoms with E-state index in [1.807, 2.05) is 0 Å². The summed E-state index contributed by atoms with van der Waals surface area (Å²) in [6.07, 6.45) is 2.54. The minimum Gasteiger partial charge on any atom is -0.466 e. The Balaban J connectivity index is 2.49. The van der Waals surface area contributed by atoms with Crippen LogP contribution in [0, 0.1) is 17.6 Å². The zero-order chi connectivity index (χ0) is 17.0. The lowest BCUT2D eigenvalue weighted by atomic mass is 9.81. The number of hydrogen-bond donors (Lipinski definition) is 1. The summed E-state index contributed by atoms with van der Waals surface area (Å²) >= 11 is 0. The first-order valence-corrected chi connectivity index (χ1v) is 7.05. The largest absolute Gasteiger partial charge is 0.466 e. The molecule has 6 nitrogen and oxygen atoms in total. The molecule has 2 atom stereocenters. The number of halogens is 2. The Morgan fingerprint density at radius 2 is 2.22 bits per heavy atom. The summed E-state index contributed by atoms with van der Waals surface area (Å²) in [4.78, 5) is 15.8. The molecule has 0 spiro atoms. The highest BCUT2D eigenvalue weighted by Gasteiger charge is 2.43. The van der Waals surface area contributed by atoms with Crippen molar-refractivity contribution in [3.05, 3.63) is 48.1 Å². The summed E-state index contributed by atoms with van der Waals surface area (Å²) in [7, 11) is 0. The summed E-state index contributed by atoms with van der Waals surface area (Å²) in [6, 6.07) is 2.70. The molecule has 0 bridgehead atoms. The number of aromatic nitrogens is 3. The Morgan fingerprint density at radius 1 is 1.48 bits per heavy atom. The fraction of sp³-hybridized carbons (Fsp3) is 0.400. The van der Waals surface area contributed by atoms with Gasteiger partial charge < -0.3 is 9.84 Å². The average molecular weight is 325 g/mol. The van der Waals surface area contributed by atoms with E-state index < -0.39 is 29.1 Å². The standard InChI is InChI=1S/C15H17F2N3O3/c1-3-23-14(21)10(2)15(22,7-20-9-18-8-19-20)12-6-11(16)4-5-13(12)17/h4-6,8-10,22H,3,7H2,1-2H3/t10-,15-/m0/s1. The van der Waals surface area contributed by atoms with Crippen LogP contribution in [-0.2, 0) is 21.7 Å². The van der Waals surface area contributed by atoms with Gasteiger partial charge in [-0.05, 0) is 32.0 Å². The Kier molecular flexibility index (Phi) is 5.05. The Hall–Kier alpha value is -2.35. The molecule has 0 saturated carbocycles. The van der Waals surface area contributed by atoms with Crippen LogP contribution in [-0.4, -0.2) is 32.4 Å². The molecule has 2 aromatic rings. The van der Waals surface area contributed by atoms with E-state index in [4.69, 9.17) is 4.74 Å². The van der Waals surface area contributed by atoms with Gasteiger partial charge >= 0.3 is 5.97 Å². The molecule has 8 heteroatoms. The van der Waals surface area contributed by atoms with Gasteiger partial charge in [-0.3, -0.25) is 4.79 Å². The van der Waals surface area contributed by atoms with E-state index >= 15 is 0 Å². The summed E-state index contributed by atoms with van der Waals surface area (Å²) in [5, 5.41) is 14.9. The number of esters is 1. The molecule has 1 aromatic heterocycles. The van der Waals surface area contributed by atoms with E-state index in [0.29, 0.717) is 0 Å². The summed E-state index contributed by atoms with van der Waals surface area (Å²) in [6.45, 7) is 2.82. The summed E-state index contributed by atoms with van der Waals surface area (Å²) in [5.74, 6) is -3.43. The van der Waals surface area contributed by atoms with Gasteiger partial charge in [-0.15, -0.1) is 0 Å². The molecular formula is C15H17F2N3O3. The maximum Gasteiger partial charge on any atom is 0.312 e. The van der Waals surface area contributed by atoms with Crippen molar-refractivity contribution >= 4 is 5.97 Å². The number of nitrogens with zero attached hydrogens (tertiary/aromatic N) is 3. The van der Waals surface area contributed by atoms with Crippen molar-refractivity contribution in [3.8, 4) is 0 Å². The maximum atomic E-state index is 14.2. The van der Waals surface area contributed by atoms with Crippen molar-refractivity contribution in [2.45, 2.75) is 26.0 Å². The van der Waals surface area contributed by atoms with Crippen LogP contribution in [0.15, 0.2) is 30.9 Å². The highest BCUT2D eigenvalue weighted by Crippen LogP contribution is 2.34. The summed E-state index contributed by atoms with van der Waals surface area (Å²) in [5.41, 5.74) is -2.39. The molecule has 2 rings (SSSR count). The van der Waals surface area contributed by atoms with E-state index in [2.05, 4.69) is 10.1 Å². The minimum absolute atomic E-state index is 0.105. The highest BCUT2D eigenvalue weighted by atomic mass is 19.1. The molecule has 0 amide bonds. The van der Waals surface area contributed by atoms with Gasteiger partial charge in [-0.1, -0.05) is 0 Å². The van der Waals surface area contributed by atoms with Gasteiger partial charge in [-0.2, -0.15) is 5.10 Å². The predicted octanol–water partition coefficient (Wildman–Crippen LogP) is 1.64. The fourth-order valence-electron chi connectivity index (χ4n) is 2.31. The molecule has 0 radical (unpaired) electrons. The van der Waals surface area contributed by atoms with Crippen LogP contribution in [0.25, 0.3) is 0 Å². The lowest BCUT2D eigenvalue weighted by molar-refractivity contribution is -0.159. The van der Waals surface area contributed by atoms with Crippen LogP contribution >= 0.6 is 0 Å². The predicted molar refractivity (Wildman–Crippen MR) is 76.1 cm³/mol. The van der Waals surface area contributed by atoms with Gasteiger partial charge in [0.05, 0.1) is 19.1 Å². The smallest absolute Gasteiger partial charge is 0.312 e. The van der Waals surface area contributed by atoms with Gasteiger partial charge in [0, 0.05) is 5.56 Å². The number of carbonyl (C=O) groups excluding carboxylic acids is 1. The van der Waals surface area contributed by atoms with Crippen LogP contribution < -0.4 is 0 Å². The molecule has 0 fully saturated rings. The van der Waals surface area contributed by atoms with Gasteiger partial charge in [-0.25, -0.2) is 18.4 Å². The van der Waals surface area contributed by atoms with Crippen molar-refractivity contribution in [1.82, 2.24) is 14.8 Å². The van der Waals surface area contributed by atoms with Crippen LogP contribution in [0.4, 0.5) is 8.78 Å². The van der Waals surface area contributed by atoms with Crippen molar-refractivity contribution in [2.24, 2.45) is 5.92 Å². The number of carbonyl (C=O) groups is 1. The average Bonchev–Trinajstić information content (AvgIpc) is 3.01. The van der Waals surface area contributed by atoms with E-state index in [0.717, 1.165) is 18.2 Å². The molecule has 1 N–H and O–H groups in total. The van der Waals surface area contributed by atoms with E-state index in [1.165, 1.54) is 24.3 Å². The molecular weight excluding hydrogens is 308 g/mol. The third kappa shape index (κ3) is 3.53. The molecule has 0 saturated heterocycles. The molecule has 1 heterocycles. The second kappa shape index (κ2) is 6.82. The normalized spacial score (nSPS) is 15.0. The first kappa shape index (κ1) is 17.0. The molecule has 124 valence electrons. The van der Waals surface area contributed by atoms with Gasteiger partial charge in [0.15, 0.2) is 0 Å². The van der Waals surface area contributed by atoms with Crippen LogP contribution in [0.1, 0.15) is 19.4 Å². The zero-order valence-corrected chi connectivity index (χ0v) is 12.7. The zero-order valence-electron chi connectivity index (χ0n) is 12.7. The minimum atomic E-state index is -2.05. The fourth-order valence-corrected chi connectivity index (χ4v) is 2.31. The third-order valence-corrected chi connectivity index (χ3v) is 3.62. The lowest BCUT2D eigenvalue weighted by Crippen LogP contribution is -2.43. The molecule has 0 unspecified atom stereocenters. The molecule has 0 aliphatic heterocycles. The monoisotopic (exact) mass is 325 g/mol. The lowest BCUT2D eigenvalue weighted by Gasteiger charge is -2.33. The first-order valence-electron chi connectivity index (χ1n) is 7.05.